The molecule has 1 saturated heterocycles. The van der Waals surface area contributed by atoms with Crippen molar-refractivity contribution >= 4 is 37.3 Å². The molecule has 0 N–H and O–H groups in total. The second kappa shape index (κ2) is 4.36. The van der Waals surface area contributed by atoms with E-state index in [2.05, 4.69) is 20.9 Å². The summed E-state index contributed by atoms with van der Waals surface area (Å²) in [4.78, 5) is 4.42. The number of sulfonamides is 1. The third-order valence-corrected chi connectivity index (χ3v) is 6.07. The number of hydrogen-bond acceptors (Lipinski definition) is 4. The van der Waals surface area contributed by atoms with Gasteiger partial charge in [0.25, 0.3) is 0 Å². The van der Waals surface area contributed by atoms with E-state index in [1.807, 2.05) is 6.92 Å². The van der Waals surface area contributed by atoms with Crippen molar-refractivity contribution in [3.63, 3.8) is 0 Å². The highest BCUT2D eigenvalue weighted by Gasteiger charge is 2.34. The lowest BCUT2D eigenvalue weighted by atomic mass is 10.2. The van der Waals surface area contributed by atoms with E-state index in [0.29, 0.717) is 6.54 Å². The fraction of sp³-hybridized carbons (Fsp3) is 0.667. The van der Waals surface area contributed by atoms with Crippen LogP contribution in [-0.4, -0.2) is 30.5 Å². The standard InChI is InChI=1S/C9H13BrN2O2S2/c1-6-8(10)15-9(11-6)7-4-3-5-12(7)16(2,13)14/h7H,3-5H2,1-2H3/t7-/m1/s1. The van der Waals surface area contributed by atoms with Gasteiger partial charge in [0.2, 0.25) is 10.0 Å². The molecule has 1 fully saturated rings. The van der Waals surface area contributed by atoms with Crippen molar-refractivity contribution in [3.05, 3.63) is 14.5 Å². The average molecular weight is 325 g/mol. The Bertz CT molecular complexity index is 478. The summed E-state index contributed by atoms with van der Waals surface area (Å²) < 4.78 is 25.7. The molecule has 1 aromatic heterocycles. The van der Waals surface area contributed by atoms with Crippen LogP contribution in [0.1, 0.15) is 29.6 Å². The van der Waals surface area contributed by atoms with Crippen LogP contribution in [0.25, 0.3) is 0 Å². The molecule has 0 bridgehead atoms. The van der Waals surface area contributed by atoms with Gasteiger partial charge in [0, 0.05) is 6.54 Å². The first kappa shape index (κ1) is 12.5. The van der Waals surface area contributed by atoms with E-state index in [-0.39, 0.29) is 6.04 Å². The molecule has 2 rings (SSSR count). The van der Waals surface area contributed by atoms with Crippen LogP contribution in [0, 0.1) is 6.92 Å². The predicted molar refractivity (Wildman–Crippen MR) is 68.1 cm³/mol. The van der Waals surface area contributed by atoms with E-state index >= 15 is 0 Å². The lowest BCUT2D eigenvalue weighted by molar-refractivity contribution is 0.399. The van der Waals surface area contributed by atoms with Crippen molar-refractivity contribution in [2.75, 3.05) is 12.8 Å². The van der Waals surface area contributed by atoms with E-state index < -0.39 is 10.0 Å². The molecule has 1 atom stereocenters. The summed E-state index contributed by atoms with van der Waals surface area (Å²) in [6.45, 7) is 2.53. The van der Waals surface area contributed by atoms with Gasteiger partial charge in [-0.15, -0.1) is 11.3 Å². The molecule has 0 spiro atoms. The van der Waals surface area contributed by atoms with Gasteiger partial charge in [-0.2, -0.15) is 4.31 Å². The maximum atomic E-state index is 11.6. The first-order valence-electron chi connectivity index (χ1n) is 4.99. The summed E-state index contributed by atoms with van der Waals surface area (Å²) in [5.41, 5.74) is 0.931. The zero-order valence-corrected chi connectivity index (χ0v) is 12.3. The topological polar surface area (TPSA) is 50.3 Å². The largest absolute Gasteiger partial charge is 0.244 e. The molecule has 4 nitrogen and oxygen atoms in total. The van der Waals surface area contributed by atoms with Crippen molar-refractivity contribution in [2.24, 2.45) is 0 Å². The average Bonchev–Trinajstić information content (AvgIpc) is 2.72. The van der Waals surface area contributed by atoms with Crippen molar-refractivity contribution in [2.45, 2.75) is 25.8 Å². The van der Waals surface area contributed by atoms with Crippen molar-refractivity contribution in [3.8, 4) is 0 Å². The fourth-order valence-electron chi connectivity index (χ4n) is 1.92. The van der Waals surface area contributed by atoms with Gasteiger partial charge in [0.05, 0.1) is 21.8 Å². The highest BCUT2D eigenvalue weighted by atomic mass is 79.9. The number of halogens is 1. The smallest absolute Gasteiger partial charge is 0.211 e. The number of thiazole rings is 1. The van der Waals surface area contributed by atoms with Crippen LogP contribution in [0.5, 0.6) is 0 Å². The Kier molecular flexibility index (Phi) is 3.40. The predicted octanol–water partition coefficient (Wildman–Crippen LogP) is 2.31. The van der Waals surface area contributed by atoms with Gasteiger partial charge in [0.15, 0.2) is 0 Å². The van der Waals surface area contributed by atoms with Crippen LogP contribution in [0.3, 0.4) is 0 Å². The van der Waals surface area contributed by atoms with Gasteiger partial charge in [-0.3, -0.25) is 0 Å². The Hall–Kier alpha value is 0.0200. The highest BCUT2D eigenvalue weighted by molar-refractivity contribution is 9.11. The summed E-state index contributed by atoms with van der Waals surface area (Å²) in [5.74, 6) is 0. The van der Waals surface area contributed by atoms with Crippen molar-refractivity contribution in [1.82, 2.24) is 9.29 Å². The molecular weight excluding hydrogens is 312 g/mol. The normalized spacial score (nSPS) is 22.8. The number of aryl methyl sites for hydroxylation is 1. The summed E-state index contributed by atoms with van der Waals surface area (Å²) in [7, 11) is -3.12. The number of rotatable bonds is 2. The van der Waals surface area contributed by atoms with Crippen LogP contribution in [0.2, 0.25) is 0 Å². The zero-order chi connectivity index (χ0) is 11.9. The first-order chi connectivity index (χ1) is 7.39. The van der Waals surface area contributed by atoms with E-state index in [1.165, 1.54) is 17.6 Å². The van der Waals surface area contributed by atoms with E-state index in [4.69, 9.17) is 0 Å². The Labute approximate surface area is 108 Å². The molecule has 1 aliphatic heterocycles. The van der Waals surface area contributed by atoms with E-state index in [1.54, 1.807) is 4.31 Å². The fourth-order valence-corrected chi connectivity index (χ4v) is 4.65. The summed E-state index contributed by atoms with van der Waals surface area (Å²) in [5, 5.41) is 0.896. The Balaban J connectivity index is 2.34. The molecule has 2 heterocycles. The van der Waals surface area contributed by atoms with E-state index in [0.717, 1.165) is 27.3 Å². The molecule has 16 heavy (non-hydrogen) atoms. The van der Waals surface area contributed by atoms with Gasteiger partial charge >= 0.3 is 0 Å². The molecule has 90 valence electrons. The monoisotopic (exact) mass is 324 g/mol. The Morgan fingerprint density at radius 3 is 2.75 bits per heavy atom. The van der Waals surface area contributed by atoms with Crippen molar-refractivity contribution in [1.29, 1.82) is 0 Å². The second-order valence-corrected chi connectivity index (χ2v) is 8.23. The summed E-state index contributed by atoms with van der Waals surface area (Å²) in [6.07, 6.45) is 3.04. The van der Waals surface area contributed by atoms with E-state index in [9.17, 15) is 8.42 Å². The SMILES string of the molecule is Cc1nc([C@H]2CCCN2S(C)(=O)=O)sc1Br. The van der Waals surface area contributed by atoms with Gasteiger partial charge in [0.1, 0.15) is 5.01 Å². The highest BCUT2D eigenvalue weighted by Crippen LogP contribution is 2.38. The van der Waals surface area contributed by atoms with Crippen LogP contribution in [0.15, 0.2) is 3.79 Å². The lowest BCUT2D eigenvalue weighted by Gasteiger charge is -2.19. The van der Waals surface area contributed by atoms with Crippen LogP contribution in [-0.2, 0) is 10.0 Å². The second-order valence-electron chi connectivity index (χ2n) is 3.94. The number of hydrogen-bond donors (Lipinski definition) is 0. The molecule has 0 saturated carbocycles. The zero-order valence-electron chi connectivity index (χ0n) is 9.10. The molecule has 0 radical (unpaired) electrons. The maximum Gasteiger partial charge on any atom is 0.211 e. The lowest BCUT2D eigenvalue weighted by Crippen LogP contribution is -2.29. The minimum atomic E-state index is -3.12. The molecule has 1 aliphatic rings. The van der Waals surface area contributed by atoms with Gasteiger partial charge in [-0.25, -0.2) is 13.4 Å². The quantitative estimate of drug-likeness (QED) is 0.838. The van der Waals surface area contributed by atoms with Crippen LogP contribution < -0.4 is 0 Å². The number of aromatic nitrogens is 1. The van der Waals surface area contributed by atoms with Crippen LogP contribution in [0.4, 0.5) is 0 Å². The maximum absolute atomic E-state index is 11.6. The minimum absolute atomic E-state index is 0.0648. The molecule has 0 aliphatic carbocycles. The van der Waals surface area contributed by atoms with Gasteiger partial charge in [-0.1, -0.05) is 0 Å². The van der Waals surface area contributed by atoms with Crippen LogP contribution >= 0.6 is 27.3 Å². The third-order valence-electron chi connectivity index (χ3n) is 2.67. The molecule has 1 aromatic rings. The molecular formula is C9H13BrN2O2S2. The molecule has 0 amide bonds. The van der Waals surface area contributed by atoms with Crippen molar-refractivity contribution < 1.29 is 8.42 Å². The summed E-state index contributed by atoms with van der Waals surface area (Å²) >= 11 is 4.95. The van der Waals surface area contributed by atoms with Gasteiger partial charge in [-0.05, 0) is 35.7 Å². The minimum Gasteiger partial charge on any atom is -0.244 e. The molecule has 7 heteroatoms. The summed E-state index contributed by atoms with van der Waals surface area (Å²) in [6, 6.07) is -0.0648. The Morgan fingerprint density at radius 1 is 1.56 bits per heavy atom. The van der Waals surface area contributed by atoms with Gasteiger partial charge < -0.3 is 0 Å². The Morgan fingerprint density at radius 2 is 2.25 bits per heavy atom. The third kappa shape index (κ3) is 2.32. The first-order valence-corrected chi connectivity index (χ1v) is 8.45. The molecule has 0 aromatic carbocycles. The number of nitrogens with zero attached hydrogens (tertiary/aromatic N) is 2. The molecule has 0 unspecified atom stereocenters.